The van der Waals surface area contributed by atoms with Crippen LogP contribution in [0.2, 0.25) is 0 Å². The first-order valence-corrected chi connectivity index (χ1v) is 5.42. The van der Waals surface area contributed by atoms with Gasteiger partial charge in [0.1, 0.15) is 5.69 Å². The summed E-state index contributed by atoms with van der Waals surface area (Å²) in [5.74, 6) is 0.145. The minimum atomic E-state index is 0.0649. The van der Waals surface area contributed by atoms with Crippen LogP contribution in [0.1, 0.15) is 5.56 Å². The SMILES string of the molecule is CN(C)c1cc(O)n(Cc2ccccc2)c1O. The number of hydrogen-bond acceptors (Lipinski definition) is 3. The van der Waals surface area contributed by atoms with Gasteiger partial charge < -0.3 is 15.1 Å². The van der Waals surface area contributed by atoms with E-state index in [2.05, 4.69) is 0 Å². The smallest absolute Gasteiger partial charge is 0.218 e. The molecule has 0 saturated heterocycles. The molecule has 0 fully saturated rings. The van der Waals surface area contributed by atoms with Crippen LogP contribution in [0.5, 0.6) is 11.8 Å². The minimum Gasteiger partial charge on any atom is -0.494 e. The van der Waals surface area contributed by atoms with Crippen LogP contribution in [0.15, 0.2) is 36.4 Å². The fraction of sp³-hybridized carbons (Fsp3) is 0.231. The Balaban J connectivity index is 2.34. The molecule has 1 aromatic carbocycles. The molecule has 0 aliphatic carbocycles. The van der Waals surface area contributed by atoms with E-state index < -0.39 is 0 Å². The number of rotatable bonds is 3. The van der Waals surface area contributed by atoms with E-state index in [0.29, 0.717) is 12.2 Å². The Morgan fingerprint density at radius 2 is 1.76 bits per heavy atom. The third-order valence-corrected chi connectivity index (χ3v) is 2.69. The van der Waals surface area contributed by atoms with Gasteiger partial charge in [-0.2, -0.15) is 0 Å². The van der Waals surface area contributed by atoms with Crippen LogP contribution in [-0.2, 0) is 6.54 Å². The molecular formula is C13H16N2O2. The monoisotopic (exact) mass is 232 g/mol. The van der Waals surface area contributed by atoms with Crippen molar-refractivity contribution in [2.75, 3.05) is 19.0 Å². The lowest BCUT2D eigenvalue weighted by Gasteiger charge is -2.11. The highest BCUT2D eigenvalue weighted by molar-refractivity contribution is 5.58. The Bertz CT molecular complexity index is 504. The number of nitrogens with zero attached hydrogens (tertiary/aromatic N) is 2. The van der Waals surface area contributed by atoms with Gasteiger partial charge in [-0.05, 0) is 5.56 Å². The van der Waals surface area contributed by atoms with E-state index >= 15 is 0 Å². The molecule has 0 radical (unpaired) electrons. The van der Waals surface area contributed by atoms with Crippen LogP contribution in [0.25, 0.3) is 0 Å². The van der Waals surface area contributed by atoms with Crippen molar-refractivity contribution in [2.45, 2.75) is 6.54 Å². The lowest BCUT2D eigenvalue weighted by molar-refractivity contribution is 0.377. The molecule has 90 valence electrons. The Morgan fingerprint density at radius 1 is 1.12 bits per heavy atom. The summed E-state index contributed by atoms with van der Waals surface area (Å²) in [5.41, 5.74) is 1.64. The van der Waals surface area contributed by atoms with E-state index in [1.165, 1.54) is 4.57 Å². The first kappa shape index (κ1) is 11.4. The van der Waals surface area contributed by atoms with Crippen molar-refractivity contribution in [2.24, 2.45) is 0 Å². The average Bonchev–Trinajstić information content (AvgIpc) is 2.58. The molecule has 4 nitrogen and oxygen atoms in total. The van der Waals surface area contributed by atoms with E-state index in [1.54, 1.807) is 11.0 Å². The summed E-state index contributed by atoms with van der Waals surface area (Å²) in [5, 5.41) is 19.8. The maximum Gasteiger partial charge on any atom is 0.218 e. The lowest BCUT2D eigenvalue weighted by atomic mass is 10.2. The van der Waals surface area contributed by atoms with Crippen LogP contribution in [0, 0.1) is 0 Å². The number of anilines is 1. The summed E-state index contributed by atoms with van der Waals surface area (Å²) in [4.78, 5) is 1.76. The predicted molar refractivity (Wildman–Crippen MR) is 67.6 cm³/mol. The average molecular weight is 232 g/mol. The second-order valence-corrected chi connectivity index (χ2v) is 4.18. The number of aromatic nitrogens is 1. The van der Waals surface area contributed by atoms with Gasteiger partial charge in [0.2, 0.25) is 5.88 Å². The van der Waals surface area contributed by atoms with Crippen LogP contribution in [0.4, 0.5) is 5.69 Å². The number of aromatic hydroxyl groups is 2. The van der Waals surface area contributed by atoms with Crippen LogP contribution < -0.4 is 4.90 Å². The molecule has 0 aliphatic heterocycles. The van der Waals surface area contributed by atoms with Gasteiger partial charge in [-0.15, -0.1) is 0 Å². The largest absolute Gasteiger partial charge is 0.494 e. The third-order valence-electron chi connectivity index (χ3n) is 2.69. The molecular weight excluding hydrogens is 216 g/mol. The Kier molecular flexibility index (Phi) is 2.95. The van der Waals surface area contributed by atoms with Crippen molar-refractivity contribution in [3.05, 3.63) is 42.0 Å². The summed E-state index contributed by atoms with van der Waals surface area (Å²) in [6, 6.07) is 11.3. The van der Waals surface area contributed by atoms with E-state index in [1.807, 2.05) is 44.4 Å². The lowest BCUT2D eigenvalue weighted by Crippen LogP contribution is -2.08. The molecule has 2 rings (SSSR count). The van der Waals surface area contributed by atoms with Gasteiger partial charge in [-0.25, -0.2) is 0 Å². The van der Waals surface area contributed by atoms with E-state index in [9.17, 15) is 10.2 Å². The molecule has 0 atom stereocenters. The summed E-state index contributed by atoms with van der Waals surface area (Å²) in [6.45, 7) is 0.451. The first-order chi connectivity index (χ1) is 8.09. The summed E-state index contributed by atoms with van der Waals surface area (Å²) in [7, 11) is 3.64. The summed E-state index contributed by atoms with van der Waals surface area (Å²) in [6.07, 6.45) is 0. The maximum absolute atomic E-state index is 10.0. The Labute approximate surface area is 100 Å². The maximum atomic E-state index is 10.0. The van der Waals surface area contributed by atoms with Gasteiger partial charge in [0, 0.05) is 20.2 Å². The van der Waals surface area contributed by atoms with E-state index in [0.717, 1.165) is 5.56 Å². The minimum absolute atomic E-state index is 0.0649. The zero-order valence-corrected chi connectivity index (χ0v) is 9.96. The number of hydrogen-bond donors (Lipinski definition) is 2. The molecule has 0 amide bonds. The first-order valence-electron chi connectivity index (χ1n) is 5.42. The second kappa shape index (κ2) is 4.41. The fourth-order valence-corrected chi connectivity index (χ4v) is 1.76. The van der Waals surface area contributed by atoms with Crippen molar-refractivity contribution < 1.29 is 10.2 Å². The summed E-state index contributed by atoms with van der Waals surface area (Å²) >= 11 is 0. The molecule has 2 N–H and O–H groups in total. The van der Waals surface area contributed by atoms with Crippen molar-refractivity contribution in [1.29, 1.82) is 0 Å². The zero-order chi connectivity index (χ0) is 12.4. The Hall–Kier alpha value is -2.10. The van der Waals surface area contributed by atoms with E-state index in [-0.39, 0.29) is 11.8 Å². The van der Waals surface area contributed by atoms with Gasteiger partial charge in [0.15, 0.2) is 5.88 Å². The van der Waals surface area contributed by atoms with Crippen molar-refractivity contribution in [3.8, 4) is 11.8 Å². The van der Waals surface area contributed by atoms with Gasteiger partial charge >= 0.3 is 0 Å². The topological polar surface area (TPSA) is 48.6 Å². The molecule has 17 heavy (non-hydrogen) atoms. The van der Waals surface area contributed by atoms with Gasteiger partial charge in [-0.1, -0.05) is 30.3 Å². The van der Waals surface area contributed by atoms with E-state index in [4.69, 9.17) is 0 Å². The highest BCUT2D eigenvalue weighted by Gasteiger charge is 2.15. The molecule has 0 spiro atoms. The molecule has 0 aliphatic rings. The van der Waals surface area contributed by atoms with Gasteiger partial charge in [0.25, 0.3) is 0 Å². The molecule has 4 heteroatoms. The fourth-order valence-electron chi connectivity index (χ4n) is 1.76. The summed E-state index contributed by atoms with van der Waals surface area (Å²) < 4.78 is 1.48. The second-order valence-electron chi connectivity index (χ2n) is 4.18. The third kappa shape index (κ3) is 2.20. The number of benzene rings is 1. The molecule has 2 aromatic rings. The highest BCUT2D eigenvalue weighted by atomic mass is 16.3. The molecule has 0 bridgehead atoms. The van der Waals surface area contributed by atoms with Gasteiger partial charge in [0.05, 0.1) is 6.54 Å². The standard InChI is InChI=1S/C13H16N2O2/c1-14(2)11-8-12(16)15(13(11)17)9-10-6-4-3-5-7-10/h3-8,16-17H,9H2,1-2H3. The zero-order valence-electron chi connectivity index (χ0n) is 9.96. The Morgan fingerprint density at radius 3 is 2.29 bits per heavy atom. The van der Waals surface area contributed by atoms with Gasteiger partial charge in [-0.3, -0.25) is 4.57 Å². The molecule has 0 unspecified atom stereocenters. The van der Waals surface area contributed by atoms with Crippen molar-refractivity contribution in [1.82, 2.24) is 4.57 Å². The van der Waals surface area contributed by atoms with Crippen molar-refractivity contribution >= 4 is 5.69 Å². The van der Waals surface area contributed by atoms with Crippen molar-refractivity contribution in [3.63, 3.8) is 0 Å². The molecule has 1 heterocycles. The normalized spacial score (nSPS) is 10.5. The van der Waals surface area contributed by atoms with Crippen LogP contribution >= 0.6 is 0 Å². The highest BCUT2D eigenvalue weighted by Crippen LogP contribution is 2.34. The van der Waals surface area contributed by atoms with Crippen LogP contribution in [-0.4, -0.2) is 28.9 Å². The van der Waals surface area contributed by atoms with Crippen LogP contribution in [0.3, 0.4) is 0 Å². The molecule has 0 saturated carbocycles. The molecule has 1 aromatic heterocycles. The predicted octanol–water partition coefficient (Wildman–Crippen LogP) is 2.01. The quantitative estimate of drug-likeness (QED) is 0.851.